The summed E-state index contributed by atoms with van der Waals surface area (Å²) in [5.41, 5.74) is 8.32. The van der Waals surface area contributed by atoms with Gasteiger partial charge < -0.3 is 14.9 Å². The summed E-state index contributed by atoms with van der Waals surface area (Å²) < 4.78 is 11.7. The van der Waals surface area contributed by atoms with Crippen LogP contribution in [-0.4, -0.2) is 4.98 Å². The molecule has 0 fully saturated rings. The zero-order valence-electron chi connectivity index (χ0n) is 10.6. The van der Waals surface area contributed by atoms with E-state index in [1.54, 1.807) is 12.1 Å². The molecular formula is C14H11BrN2O3. The number of fused-ring (bicyclic) bond motifs is 1. The Balaban J connectivity index is 2.02. The van der Waals surface area contributed by atoms with Gasteiger partial charge in [0.2, 0.25) is 0 Å². The fraction of sp³-hybridized carbons (Fsp3) is 0.0714. The van der Waals surface area contributed by atoms with Crippen LogP contribution in [-0.2, 0) is 0 Å². The molecule has 20 heavy (non-hydrogen) atoms. The maximum atomic E-state index is 11.1. The Hall–Kier alpha value is -2.21. The van der Waals surface area contributed by atoms with E-state index in [4.69, 9.17) is 14.9 Å². The molecule has 0 unspecified atom stereocenters. The summed E-state index contributed by atoms with van der Waals surface area (Å²) in [7, 11) is 0. The van der Waals surface area contributed by atoms with Gasteiger partial charge in [-0.3, -0.25) is 4.98 Å². The minimum absolute atomic E-state index is 0.404. The van der Waals surface area contributed by atoms with Gasteiger partial charge >= 0.3 is 5.76 Å². The molecule has 0 radical (unpaired) electrons. The van der Waals surface area contributed by atoms with Crippen LogP contribution in [0, 0.1) is 6.92 Å². The highest BCUT2D eigenvalue weighted by molar-refractivity contribution is 9.10. The lowest BCUT2D eigenvalue weighted by atomic mass is 10.2. The van der Waals surface area contributed by atoms with E-state index in [1.807, 2.05) is 25.1 Å². The number of H-pyrrole nitrogens is 1. The Morgan fingerprint density at radius 2 is 2.10 bits per heavy atom. The van der Waals surface area contributed by atoms with Crippen LogP contribution in [0.1, 0.15) is 5.56 Å². The van der Waals surface area contributed by atoms with Gasteiger partial charge in [0.05, 0.1) is 11.2 Å². The number of aryl methyl sites for hydroxylation is 1. The summed E-state index contributed by atoms with van der Waals surface area (Å²) in [5, 5.41) is 0. The van der Waals surface area contributed by atoms with Crippen molar-refractivity contribution in [3.8, 4) is 11.5 Å². The van der Waals surface area contributed by atoms with Crippen molar-refractivity contribution >= 4 is 32.7 Å². The molecule has 5 nitrogen and oxygen atoms in total. The lowest BCUT2D eigenvalue weighted by molar-refractivity contribution is 0.485. The zero-order chi connectivity index (χ0) is 14.3. The second-order valence-corrected chi connectivity index (χ2v) is 5.27. The van der Waals surface area contributed by atoms with Gasteiger partial charge in [-0.1, -0.05) is 15.9 Å². The van der Waals surface area contributed by atoms with E-state index in [-0.39, 0.29) is 0 Å². The number of anilines is 1. The van der Waals surface area contributed by atoms with Crippen molar-refractivity contribution in [1.82, 2.24) is 4.98 Å². The van der Waals surface area contributed by atoms with Crippen molar-refractivity contribution < 1.29 is 9.15 Å². The molecule has 1 heterocycles. The molecule has 0 amide bonds. The summed E-state index contributed by atoms with van der Waals surface area (Å²) in [4.78, 5) is 13.7. The highest BCUT2D eigenvalue weighted by Gasteiger charge is 2.09. The molecule has 0 aliphatic heterocycles. The first kappa shape index (κ1) is 12.8. The number of nitrogen functional groups attached to an aromatic ring is 1. The van der Waals surface area contributed by atoms with Gasteiger partial charge in [0, 0.05) is 16.6 Å². The van der Waals surface area contributed by atoms with Crippen molar-refractivity contribution in [2.75, 3.05) is 5.73 Å². The number of rotatable bonds is 2. The molecule has 0 atom stereocenters. The third kappa shape index (κ3) is 2.30. The van der Waals surface area contributed by atoms with Crippen molar-refractivity contribution in [3.63, 3.8) is 0 Å². The predicted octanol–water partition coefficient (Wildman–Crippen LogP) is 3.57. The topological polar surface area (TPSA) is 81.2 Å². The lowest BCUT2D eigenvalue weighted by Crippen LogP contribution is -1.94. The highest BCUT2D eigenvalue weighted by Crippen LogP contribution is 2.32. The van der Waals surface area contributed by atoms with E-state index >= 15 is 0 Å². The number of aromatic amines is 1. The van der Waals surface area contributed by atoms with Crippen LogP contribution in [0.4, 0.5) is 5.69 Å². The molecule has 0 aliphatic carbocycles. The summed E-state index contributed by atoms with van der Waals surface area (Å²) >= 11 is 3.43. The van der Waals surface area contributed by atoms with Crippen LogP contribution >= 0.6 is 15.9 Å². The van der Waals surface area contributed by atoms with Crippen LogP contribution in [0.5, 0.6) is 11.5 Å². The molecule has 3 aromatic rings. The van der Waals surface area contributed by atoms with Crippen LogP contribution in [0.3, 0.4) is 0 Å². The SMILES string of the molecule is Cc1cc(Oc2cc3[nH]c(=O)oc3cc2N)ccc1Br. The van der Waals surface area contributed by atoms with Crippen LogP contribution in [0.25, 0.3) is 11.1 Å². The standard InChI is InChI=1S/C14H11BrN2O3/c1-7-4-8(2-3-9(7)15)19-12-6-11-13(5-10(12)16)20-14(18)17-11/h2-6H,16H2,1H3,(H,17,18). The largest absolute Gasteiger partial charge is 0.455 e. The molecule has 6 heteroatoms. The molecule has 0 spiro atoms. The highest BCUT2D eigenvalue weighted by atomic mass is 79.9. The number of halogens is 1. The number of oxazole rings is 1. The Labute approximate surface area is 122 Å². The maximum absolute atomic E-state index is 11.1. The number of aromatic nitrogens is 1. The van der Waals surface area contributed by atoms with Crippen molar-refractivity contribution in [2.45, 2.75) is 6.92 Å². The first-order valence-electron chi connectivity index (χ1n) is 5.89. The van der Waals surface area contributed by atoms with Gasteiger partial charge in [0.15, 0.2) is 11.3 Å². The van der Waals surface area contributed by atoms with Crippen molar-refractivity contribution in [1.29, 1.82) is 0 Å². The fourth-order valence-electron chi connectivity index (χ4n) is 1.89. The molecule has 0 saturated carbocycles. The number of benzene rings is 2. The fourth-order valence-corrected chi connectivity index (χ4v) is 2.14. The van der Waals surface area contributed by atoms with Crippen LogP contribution < -0.4 is 16.2 Å². The van der Waals surface area contributed by atoms with Gasteiger partial charge in [-0.15, -0.1) is 0 Å². The second-order valence-electron chi connectivity index (χ2n) is 4.41. The number of nitrogens with one attached hydrogen (secondary N) is 1. The number of hydrogen-bond donors (Lipinski definition) is 2. The smallest absolute Gasteiger partial charge is 0.417 e. The first-order chi connectivity index (χ1) is 9.52. The molecular weight excluding hydrogens is 324 g/mol. The monoisotopic (exact) mass is 334 g/mol. The van der Waals surface area contributed by atoms with E-state index in [2.05, 4.69) is 20.9 Å². The van der Waals surface area contributed by atoms with Crippen LogP contribution in [0.2, 0.25) is 0 Å². The third-order valence-electron chi connectivity index (χ3n) is 2.91. The molecule has 3 rings (SSSR count). The van der Waals surface area contributed by atoms with E-state index in [1.165, 1.54) is 0 Å². The quantitative estimate of drug-likeness (QED) is 0.702. The van der Waals surface area contributed by atoms with Gasteiger partial charge in [0.25, 0.3) is 0 Å². The van der Waals surface area contributed by atoms with E-state index in [0.29, 0.717) is 28.3 Å². The molecule has 2 aromatic carbocycles. The third-order valence-corrected chi connectivity index (χ3v) is 3.80. The van der Waals surface area contributed by atoms with Crippen molar-refractivity contribution in [3.05, 3.63) is 50.9 Å². The maximum Gasteiger partial charge on any atom is 0.417 e. The summed E-state index contributed by atoms with van der Waals surface area (Å²) in [6, 6.07) is 8.84. The Morgan fingerprint density at radius 1 is 1.30 bits per heavy atom. The normalized spacial score (nSPS) is 10.9. The molecule has 1 aromatic heterocycles. The molecule has 3 N–H and O–H groups in total. The van der Waals surface area contributed by atoms with Gasteiger partial charge in [-0.25, -0.2) is 4.79 Å². The summed E-state index contributed by atoms with van der Waals surface area (Å²) in [5.74, 6) is 0.620. The van der Waals surface area contributed by atoms with Crippen molar-refractivity contribution in [2.24, 2.45) is 0 Å². The minimum atomic E-state index is -0.518. The average Bonchev–Trinajstić information content (AvgIpc) is 2.73. The van der Waals surface area contributed by atoms with Gasteiger partial charge in [-0.05, 0) is 30.7 Å². The Morgan fingerprint density at radius 3 is 2.85 bits per heavy atom. The second kappa shape index (κ2) is 4.72. The Kier molecular flexibility index (Phi) is 3.02. The Bertz CT molecular complexity index is 851. The minimum Gasteiger partial charge on any atom is -0.455 e. The van der Waals surface area contributed by atoms with Gasteiger partial charge in [-0.2, -0.15) is 0 Å². The number of nitrogens with two attached hydrogens (primary N) is 1. The molecule has 0 bridgehead atoms. The number of ether oxygens (including phenoxy) is 1. The van der Waals surface area contributed by atoms with E-state index < -0.39 is 5.76 Å². The van der Waals surface area contributed by atoms with Crippen LogP contribution in [0.15, 0.2) is 44.0 Å². The summed E-state index contributed by atoms with van der Waals surface area (Å²) in [6.45, 7) is 1.97. The molecule has 0 aliphatic rings. The molecule has 0 saturated heterocycles. The predicted molar refractivity (Wildman–Crippen MR) is 80.2 cm³/mol. The van der Waals surface area contributed by atoms with E-state index in [0.717, 1.165) is 10.0 Å². The van der Waals surface area contributed by atoms with E-state index in [9.17, 15) is 4.79 Å². The average molecular weight is 335 g/mol. The lowest BCUT2D eigenvalue weighted by Gasteiger charge is -2.09. The molecule has 102 valence electrons. The first-order valence-corrected chi connectivity index (χ1v) is 6.68. The zero-order valence-corrected chi connectivity index (χ0v) is 12.2. The summed E-state index contributed by atoms with van der Waals surface area (Å²) in [6.07, 6.45) is 0. The number of hydrogen-bond acceptors (Lipinski definition) is 4. The van der Waals surface area contributed by atoms with Gasteiger partial charge in [0.1, 0.15) is 5.75 Å².